The van der Waals surface area contributed by atoms with Crippen LogP contribution in [0.2, 0.25) is 0 Å². The Hall–Kier alpha value is -1.06. The van der Waals surface area contributed by atoms with Crippen LogP contribution in [-0.2, 0) is 6.42 Å². The lowest BCUT2D eigenvalue weighted by atomic mass is 10.0. The summed E-state index contributed by atoms with van der Waals surface area (Å²) in [5.74, 6) is 0. The number of aryl methyl sites for hydroxylation is 1. The highest BCUT2D eigenvalue weighted by atomic mass is 15.2. The van der Waals surface area contributed by atoms with E-state index in [1.54, 1.807) is 0 Å². The summed E-state index contributed by atoms with van der Waals surface area (Å²) in [4.78, 5) is 4.92. The number of hydrogen-bond acceptors (Lipinski definition) is 3. The van der Waals surface area contributed by atoms with Gasteiger partial charge in [-0.25, -0.2) is 0 Å². The minimum absolute atomic E-state index is 0.802. The number of piperazine rings is 1. The van der Waals surface area contributed by atoms with Crippen LogP contribution >= 0.6 is 0 Å². The number of unbranched alkanes of at least 4 members (excludes halogenated alkanes) is 1. The van der Waals surface area contributed by atoms with E-state index in [0.29, 0.717) is 0 Å². The molecule has 18 heavy (non-hydrogen) atoms. The predicted octanol–water partition coefficient (Wildman–Crippen LogP) is 1.72. The molecule has 0 amide bonds. The molecule has 0 unspecified atom stereocenters. The average molecular weight is 247 g/mol. The number of likely N-dealkylation sites (N-methyl/N-ethyl adjacent to an activating group) is 1. The quantitative estimate of drug-likeness (QED) is 0.804. The predicted molar refractivity (Wildman–Crippen MR) is 78.1 cm³/mol. The Morgan fingerprint density at radius 2 is 1.78 bits per heavy atom. The highest BCUT2D eigenvalue weighted by Crippen LogP contribution is 2.23. The maximum atomic E-state index is 5.57. The molecule has 1 saturated heterocycles. The minimum atomic E-state index is 0.802. The van der Waals surface area contributed by atoms with Crippen molar-refractivity contribution in [3.05, 3.63) is 29.8 Å². The van der Waals surface area contributed by atoms with E-state index in [1.807, 2.05) is 0 Å². The van der Waals surface area contributed by atoms with E-state index in [9.17, 15) is 0 Å². The summed E-state index contributed by atoms with van der Waals surface area (Å²) >= 11 is 0. The monoisotopic (exact) mass is 247 g/mol. The van der Waals surface area contributed by atoms with Gasteiger partial charge in [-0.05, 0) is 44.5 Å². The van der Waals surface area contributed by atoms with Gasteiger partial charge in [0.1, 0.15) is 0 Å². The molecule has 1 fully saturated rings. The van der Waals surface area contributed by atoms with Crippen molar-refractivity contribution in [3.8, 4) is 0 Å². The molecule has 1 aliphatic rings. The number of para-hydroxylation sites is 1. The van der Waals surface area contributed by atoms with Gasteiger partial charge in [-0.3, -0.25) is 0 Å². The molecule has 1 aromatic rings. The largest absolute Gasteiger partial charge is 0.369 e. The summed E-state index contributed by atoms with van der Waals surface area (Å²) in [6.45, 7) is 5.42. The van der Waals surface area contributed by atoms with Gasteiger partial charge < -0.3 is 15.5 Å². The van der Waals surface area contributed by atoms with Gasteiger partial charge in [-0.1, -0.05) is 18.2 Å². The van der Waals surface area contributed by atoms with Gasteiger partial charge in [0.05, 0.1) is 0 Å². The molecule has 0 bridgehead atoms. The number of anilines is 1. The van der Waals surface area contributed by atoms with Crippen molar-refractivity contribution in [1.29, 1.82) is 0 Å². The van der Waals surface area contributed by atoms with Gasteiger partial charge in [0.15, 0.2) is 0 Å². The van der Waals surface area contributed by atoms with E-state index in [2.05, 4.69) is 41.1 Å². The lowest BCUT2D eigenvalue weighted by Gasteiger charge is -2.35. The zero-order valence-electron chi connectivity index (χ0n) is 11.4. The van der Waals surface area contributed by atoms with Gasteiger partial charge in [-0.15, -0.1) is 0 Å². The third-order valence-electron chi connectivity index (χ3n) is 3.74. The second kappa shape index (κ2) is 6.76. The van der Waals surface area contributed by atoms with Crippen molar-refractivity contribution in [2.75, 3.05) is 44.7 Å². The highest BCUT2D eigenvalue weighted by molar-refractivity contribution is 5.54. The van der Waals surface area contributed by atoms with Crippen molar-refractivity contribution in [2.45, 2.75) is 19.3 Å². The van der Waals surface area contributed by atoms with Crippen LogP contribution in [0.5, 0.6) is 0 Å². The van der Waals surface area contributed by atoms with Gasteiger partial charge in [0.2, 0.25) is 0 Å². The number of hydrogen-bond donors (Lipinski definition) is 1. The van der Waals surface area contributed by atoms with Crippen LogP contribution in [-0.4, -0.2) is 44.7 Å². The van der Waals surface area contributed by atoms with Crippen LogP contribution in [0.1, 0.15) is 18.4 Å². The molecule has 2 rings (SSSR count). The second-order valence-corrected chi connectivity index (χ2v) is 5.16. The Bertz CT molecular complexity index is 357. The molecular formula is C15H25N3. The Morgan fingerprint density at radius 3 is 2.50 bits per heavy atom. The topological polar surface area (TPSA) is 32.5 Å². The molecule has 1 heterocycles. The Kier molecular flexibility index (Phi) is 5.02. The van der Waals surface area contributed by atoms with Crippen LogP contribution in [0.15, 0.2) is 24.3 Å². The fraction of sp³-hybridized carbons (Fsp3) is 0.600. The van der Waals surface area contributed by atoms with Crippen molar-refractivity contribution >= 4 is 5.69 Å². The zero-order chi connectivity index (χ0) is 12.8. The smallest absolute Gasteiger partial charge is 0.0399 e. The van der Waals surface area contributed by atoms with E-state index in [1.165, 1.54) is 17.7 Å². The highest BCUT2D eigenvalue weighted by Gasteiger charge is 2.16. The first kappa shape index (κ1) is 13.4. The lowest BCUT2D eigenvalue weighted by Crippen LogP contribution is -2.44. The fourth-order valence-corrected chi connectivity index (χ4v) is 2.54. The summed E-state index contributed by atoms with van der Waals surface area (Å²) in [6.07, 6.45) is 3.47. The second-order valence-electron chi connectivity index (χ2n) is 5.16. The molecule has 0 radical (unpaired) electrons. The first-order chi connectivity index (χ1) is 8.81. The zero-order valence-corrected chi connectivity index (χ0v) is 11.4. The Labute approximate surface area is 111 Å². The molecule has 3 nitrogen and oxygen atoms in total. The normalized spacial score (nSPS) is 17.1. The van der Waals surface area contributed by atoms with Crippen molar-refractivity contribution < 1.29 is 0 Å². The molecule has 1 aliphatic heterocycles. The number of nitrogens with zero attached hydrogens (tertiary/aromatic N) is 2. The summed E-state index contributed by atoms with van der Waals surface area (Å²) < 4.78 is 0. The minimum Gasteiger partial charge on any atom is -0.369 e. The van der Waals surface area contributed by atoms with Crippen LogP contribution in [0.25, 0.3) is 0 Å². The van der Waals surface area contributed by atoms with Gasteiger partial charge in [0.25, 0.3) is 0 Å². The van der Waals surface area contributed by atoms with E-state index in [0.717, 1.165) is 45.6 Å². The number of rotatable bonds is 5. The first-order valence-electron chi connectivity index (χ1n) is 7.02. The summed E-state index contributed by atoms with van der Waals surface area (Å²) in [5, 5.41) is 0. The van der Waals surface area contributed by atoms with Gasteiger partial charge in [0, 0.05) is 31.9 Å². The molecule has 0 atom stereocenters. The SMILES string of the molecule is CN1CCN(c2ccccc2CCCCN)CC1. The molecule has 0 saturated carbocycles. The van der Waals surface area contributed by atoms with Crippen molar-refractivity contribution in [1.82, 2.24) is 4.90 Å². The maximum Gasteiger partial charge on any atom is 0.0399 e. The van der Waals surface area contributed by atoms with Crippen LogP contribution < -0.4 is 10.6 Å². The fourth-order valence-electron chi connectivity index (χ4n) is 2.54. The van der Waals surface area contributed by atoms with E-state index in [4.69, 9.17) is 5.73 Å². The first-order valence-corrected chi connectivity index (χ1v) is 7.02. The average Bonchev–Trinajstić information content (AvgIpc) is 2.41. The molecule has 0 aromatic heterocycles. The molecule has 0 spiro atoms. The maximum absolute atomic E-state index is 5.57. The van der Waals surface area contributed by atoms with Gasteiger partial charge in [-0.2, -0.15) is 0 Å². The van der Waals surface area contributed by atoms with Crippen LogP contribution in [0, 0.1) is 0 Å². The Morgan fingerprint density at radius 1 is 1.06 bits per heavy atom. The van der Waals surface area contributed by atoms with Crippen LogP contribution in [0.3, 0.4) is 0 Å². The van der Waals surface area contributed by atoms with Crippen molar-refractivity contribution in [2.24, 2.45) is 5.73 Å². The Balaban J connectivity index is 2.02. The lowest BCUT2D eigenvalue weighted by molar-refractivity contribution is 0.312. The third kappa shape index (κ3) is 3.47. The summed E-state index contributed by atoms with van der Waals surface area (Å²) in [6, 6.07) is 8.84. The summed E-state index contributed by atoms with van der Waals surface area (Å²) in [5.41, 5.74) is 8.49. The molecule has 100 valence electrons. The van der Waals surface area contributed by atoms with E-state index in [-0.39, 0.29) is 0 Å². The molecule has 3 heteroatoms. The molecular weight excluding hydrogens is 222 g/mol. The molecule has 0 aliphatic carbocycles. The standard InChI is InChI=1S/C15H25N3/c1-17-10-12-18(13-11-17)15-8-3-2-6-14(15)7-4-5-9-16/h2-3,6,8H,4-5,7,9-13,16H2,1H3. The van der Waals surface area contributed by atoms with Crippen LogP contribution in [0.4, 0.5) is 5.69 Å². The van der Waals surface area contributed by atoms with E-state index < -0.39 is 0 Å². The molecule has 2 N–H and O–H groups in total. The van der Waals surface area contributed by atoms with Gasteiger partial charge >= 0.3 is 0 Å². The summed E-state index contributed by atoms with van der Waals surface area (Å²) in [7, 11) is 2.20. The van der Waals surface area contributed by atoms with Crippen molar-refractivity contribution in [3.63, 3.8) is 0 Å². The number of nitrogens with two attached hydrogens (primary N) is 1. The number of benzene rings is 1. The van der Waals surface area contributed by atoms with E-state index >= 15 is 0 Å². The third-order valence-corrected chi connectivity index (χ3v) is 3.74. The molecule has 1 aromatic carbocycles.